The van der Waals surface area contributed by atoms with Crippen molar-refractivity contribution in [3.63, 3.8) is 0 Å². The standard InChI is InChI=1S/C16H24N2O2/c1-5-6-10-17-15(20)11-18(14(4)19)16-12(2)8-7-9-13(16)3/h7-9H,5-6,10-11H2,1-4H3,(H,17,20). The number of benzene rings is 1. The first-order chi connectivity index (χ1) is 9.47. The number of anilines is 1. The van der Waals surface area contributed by atoms with E-state index in [1.807, 2.05) is 32.0 Å². The Morgan fingerprint density at radius 1 is 1.20 bits per heavy atom. The molecule has 0 atom stereocenters. The Hall–Kier alpha value is -1.84. The maximum atomic E-state index is 11.9. The van der Waals surface area contributed by atoms with Crippen molar-refractivity contribution in [2.24, 2.45) is 0 Å². The number of carbonyl (C=O) groups is 2. The van der Waals surface area contributed by atoms with Crippen LogP contribution in [0.5, 0.6) is 0 Å². The molecule has 0 aliphatic rings. The van der Waals surface area contributed by atoms with Gasteiger partial charge >= 0.3 is 0 Å². The Kier molecular flexibility index (Phi) is 6.22. The topological polar surface area (TPSA) is 49.4 Å². The number of unbranched alkanes of at least 4 members (excludes halogenated alkanes) is 1. The van der Waals surface area contributed by atoms with Gasteiger partial charge < -0.3 is 10.2 Å². The zero-order valence-electron chi connectivity index (χ0n) is 12.8. The van der Waals surface area contributed by atoms with E-state index in [-0.39, 0.29) is 18.4 Å². The molecule has 0 unspecified atom stereocenters. The third-order valence-electron chi connectivity index (χ3n) is 3.24. The molecule has 0 saturated heterocycles. The third-order valence-corrected chi connectivity index (χ3v) is 3.24. The first-order valence-electron chi connectivity index (χ1n) is 7.08. The Bertz CT molecular complexity index is 463. The molecule has 0 spiro atoms. The quantitative estimate of drug-likeness (QED) is 0.812. The minimum atomic E-state index is -0.118. The van der Waals surface area contributed by atoms with Gasteiger partial charge in [0.1, 0.15) is 6.54 Å². The van der Waals surface area contributed by atoms with Gasteiger partial charge in [-0.2, -0.15) is 0 Å². The van der Waals surface area contributed by atoms with Crippen LogP contribution in [-0.4, -0.2) is 24.9 Å². The highest BCUT2D eigenvalue weighted by atomic mass is 16.2. The molecule has 1 aromatic carbocycles. The highest BCUT2D eigenvalue weighted by molar-refractivity contribution is 5.98. The van der Waals surface area contributed by atoms with Crippen molar-refractivity contribution in [2.45, 2.75) is 40.5 Å². The molecule has 1 aromatic rings. The van der Waals surface area contributed by atoms with E-state index >= 15 is 0 Å². The molecule has 0 aliphatic carbocycles. The summed E-state index contributed by atoms with van der Waals surface area (Å²) in [6, 6.07) is 5.86. The minimum Gasteiger partial charge on any atom is -0.355 e. The van der Waals surface area contributed by atoms with Crippen molar-refractivity contribution in [2.75, 3.05) is 18.0 Å². The smallest absolute Gasteiger partial charge is 0.240 e. The molecule has 1 N–H and O–H groups in total. The van der Waals surface area contributed by atoms with Gasteiger partial charge in [-0.1, -0.05) is 31.5 Å². The van der Waals surface area contributed by atoms with Crippen LogP contribution in [0.3, 0.4) is 0 Å². The Morgan fingerprint density at radius 2 is 1.80 bits per heavy atom. The normalized spacial score (nSPS) is 10.2. The maximum absolute atomic E-state index is 11.9. The van der Waals surface area contributed by atoms with Gasteiger partial charge in [-0.05, 0) is 31.4 Å². The summed E-state index contributed by atoms with van der Waals surface area (Å²) in [6.45, 7) is 8.20. The summed E-state index contributed by atoms with van der Waals surface area (Å²) in [7, 11) is 0. The molecule has 0 radical (unpaired) electrons. The Morgan fingerprint density at radius 3 is 2.30 bits per heavy atom. The first kappa shape index (κ1) is 16.2. The fourth-order valence-corrected chi connectivity index (χ4v) is 2.18. The van der Waals surface area contributed by atoms with E-state index in [0.717, 1.165) is 29.7 Å². The summed E-state index contributed by atoms with van der Waals surface area (Å²) in [4.78, 5) is 25.3. The van der Waals surface area contributed by atoms with Crippen LogP contribution in [0, 0.1) is 13.8 Å². The van der Waals surface area contributed by atoms with Crippen molar-refractivity contribution in [1.82, 2.24) is 5.32 Å². The lowest BCUT2D eigenvalue weighted by Gasteiger charge is -2.24. The number of aryl methyl sites for hydroxylation is 2. The van der Waals surface area contributed by atoms with Crippen LogP contribution in [0.15, 0.2) is 18.2 Å². The van der Waals surface area contributed by atoms with Crippen LogP contribution in [0.1, 0.15) is 37.8 Å². The summed E-state index contributed by atoms with van der Waals surface area (Å²) in [5.41, 5.74) is 2.84. The van der Waals surface area contributed by atoms with Gasteiger partial charge in [0.2, 0.25) is 11.8 Å². The molecule has 0 heterocycles. The lowest BCUT2D eigenvalue weighted by molar-refractivity contribution is -0.123. The molecule has 0 fully saturated rings. The second kappa shape index (κ2) is 7.68. The van der Waals surface area contributed by atoms with Crippen LogP contribution < -0.4 is 10.2 Å². The predicted molar refractivity (Wildman–Crippen MR) is 81.9 cm³/mol. The summed E-state index contributed by atoms with van der Waals surface area (Å²) < 4.78 is 0. The van der Waals surface area contributed by atoms with E-state index in [1.54, 1.807) is 4.90 Å². The van der Waals surface area contributed by atoms with Crippen molar-refractivity contribution in [3.8, 4) is 0 Å². The van der Waals surface area contributed by atoms with Crippen LogP contribution in [0.25, 0.3) is 0 Å². The molecule has 1 rings (SSSR count). The first-order valence-corrected chi connectivity index (χ1v) is 7.08. The number of hydrogen-bond donors (Lipinski definition) is 1. The van der Waals surface area contributed by atoms with Crippen molar-refractivity contribution < 1.29 is 9.59 Å². The molecule has 110 valence electrons. The number of amides is 2. The zero-order chi connectivity index (χ0) is 15.1. The fraction of sp³-hybridized carbons (Fsp3) is 0.500. The van der Waals surface area contributed by atoms with Crippen LogP contribution in [0.4, 0.5) is 5.69 Å². The van der Waals surface area contributed by atoms with Crippen molar-refractivity contribution in [1.29, 1.82) is 0 Å². The molecule has 2 amide bonds. The molecule has 0 bridgehead atoms. The van der Waals surface area contributed by atoms with Gasteiger partial charge in [-0.25, -0.2) is 0 Å². The number of nitrogens with one attached hydrogen (secondary N) is 1. The lowest BCUT2D eigenvalue weighted by atomic mass is 10.1. The minimum absolute atomic E-state index is 0.0741. The van der Waals surface area contributed by atoms with E-state index in [0.29, 0.717) is 6.54 Å². The molecule has 4 nitrogen and oxygen atoms in total. The van der Waals surface area contributed by atoms with Crippen LogP contribution in [0.2, 0.25) is 0 Å². The molecule has 0 saturated carbocycles. The fourth-order valence-electron chi connectivity index (χ4n) is 2.18. The third kappa shape index (κ3) is 4.37. The second-order valence-electron chi connectivity index (χ2n) is 5.05. The number of para-hydroxylation sites is 1. The summed E-state index contributed by atoms with van der Waals surface area (Å²) in [6.07, 6.45) is 1.99. The van der Waals surface area contributed by atoms with E-state index in [4.69, 9.17) is 0 Å². The largest absolute Gasteiger partial charge is 0.355 e. The Labute approximate surface area is 121 Å². The van der Waals surface area contributed by atoms with Gasteiger partial charge in [0, 0.05) is 13.5 Å². The highest BCUT2D eigenvalue weighted by Crippen LogP contribution is 2.24. The summed E-state index contributed by atoms with van der Waals surface area (Å²) in [5, 5.41) is 2.84. The van der Waals surface area contributed by atoms with Crippen molar-refractivity contribution >= 4 is 17.5 Å². The van der Waals surface area contributed by atoms with Gasteiger partial charge in [0.05, 0.1) is 5.69 Å². The van der Waals surface area contributed by atoms with Crippen LogP contribution in [-0.2, 0) is 9.59 Å². The SMILES string of the molecule is CCCCNC(=O)CN(C(C)=O)c1c(C)cccc1C. The molecular weight excluding hydrogens is 252 g/mol. The number of rotatable bonds is 6. The average molecular weight is 276 g/mol. The zero-order valence-corrected chi connectivity index (χ0v) is 12.8. The predicted octanol–water partition coefficient (Wildman–Crippen LogP) is 2.57. The molecule has 20 heavy (non-hydrogen) atoms. The average Bonchev–Trinajstić information content (AvgIpc) is 2.37. The summed E-state index contributed by atoms with van der Waals surface area (Å²) >= 11 is 0. The molecule has 0 aliphatic heterocycles. The Balaban J connectivity index is 2.85. The molecular formula is C16H24N2O2. The number of hydrogen-bond acceptors (Lipinski definition) is 2. The van der Waals surface area contributed by atoms with Gasteiger partial charge in [-0.15, -0.1) is 0 Å². The monoisotopic (exact) mass is 276 g/mol. The lowest BCUT2D eigenvalue weighted by Crippen LogP contribution is -2.40. The van der Waals surface area contributed by atoms with E-state index in [1.165, 1.54) is 6.92 Å². The van der Waals surface area contributed by atoms with Crippen molar-refractivity contribution in [3.05, 3.63) is 29.3 Å². The highest BCUT2D eigenvalue weighted by Gasteiger charge is 2.18. The summed E-state index contributed by atoms with van der Waals surface area (Å²) in [5.74, 6) is -0.232. The number of carbonyl (C=O) groups excluding carboxylic acids is 2. The van der Waals surface area contributed by atoms with E-state index in [2.05, 4.69) is 12.2 Å². The van der Waals surface area contributed by atoms with E-state index < -0.39 is 0 Å². The van der Waals surface area contributed by atoms with Gasteiger partial charge in [0.15, 0.2) is 0 Å². The van der Waals surface area contributed by atoms with Crippen LogP contribution >= 0.6 is 0 Å². The van der Waals surface area contributed by atoms with Gasteiger partial charge in [-0.3, -0.25) is 9.59 Å². The molecule has 4 heteroatoms. The maximum Gasteiger partial charge on any atom is 0.240 e. The molecule has 0 aromatic heterocycles. The second-order valence-corrected chi connectivity index (χ2v) is 5.05. The van der Waals surface area contributed by atoms with E-state index in [9.17, 15) is 9.59 Å². The number of nitrogens with zero attached hydrogens (tertiary/aromatic N) is 1. The van der Waals surface area contributed by atoms with Gasteiger partial charge in [0.25, 0.3) is 0 Å².